The molecular weight excluding hydrogens is 272 g/mol. The Labute approximate surface area is 132 Å². The molecule has 3 rings (SSSR count). The molecule has 4 nitrogen and oxygen atoms in total. The second kappa shape index (κ2) is 7.07. The number of benzene rings is 1. The molecule has 1 aliphatic heterocycles. The molecule has 0 bridgehead atoms. The van der Waals surface area contributed by atoms with E-state index in [0.717, 1.165) is 24.7 Å². The quantitative estimate of drug-likeness (QED) is 0.862. The zero-order valence-corrected chi connectivity index (χ0v) is 13.6. The summed E-state index contributed by atoms with van der Waals surface area (Å²) in [5.41, 5.74) is 4.87. The molecule has 0 radical (unpaired) electrons. The van der Waals surface area contributed by atoms with Crippen LogP contribution in [0.5, 0.6) is 0 Å². The van der Waals surface area contributed by atoms with Crippen molar-refractivity contribution in [3.8, 4) is 11.3 Å². The minimum atomic E-state index is 0.787. The maximum Gasteiger partial charge on any atom is 0.0695 e. The van der Waals surface area contributed by atoms with Crippen molar-refractivity contribution < 1.29 is 0 Å². The fourth-order valence-corrected chi connectivity index (χ4v) is 3.19. The zero-order chi connectivity index (χ0) is 15.4. The lowest BCUT2D eigenvalue weighted by Crippen LogP contribution is -2.26. The van der Waals surface area contributed by atoms with E-state index in [1.165, 1.54) is 42.7 Å². The summed E-state index contributed by atoms with van der Waals surface area (Å²) in [6.07, 6.45) is 3.26. The van der Waals surface area contributed by atoms with Crippen molar-refractivity contribution in [3.05, 3.63) is 41.6 Å². The van der Waals surface area contributed by atoms with Crippen molar-refractivity contribution in [3.63, 3.8) is 0 Å². The van der Waals surface area contributed by atoms with E-state index in [4.69, 9.17) is 0 Å². The molecule has 22 heavy (non-hydrogen) atoms. The van der Waals surface area contributed by atoms with E-state index in [0.29, 0.717) is 0 Å². The Hall–Kier alpha value is -1.65. The maximum atomic E-state index is 4.22. The first-order valence-electron chi connectivity index (χ1n) is 8.28. The standard InChI is InChI=1S/C18H26N4/c1-3-22-9-8-15(13-22)10-19-11-17-12-20-21-18(17)16-6-4-14(2)5-7-16/h4-7,12,15,19H,3,8-11,13H2,1-2H3,(H,20,21). The van der Waals surface area contributed by atoms with Crippen LogP contribution in [0, 0.1) is 12.8 Å². The molecule has 0 aliphatic carbocycles. The summed E-state index contributed by atoms with van der Waals surface area (Å²) in [4.78, 5) is 2.53. The van der Waals surface area contributed by atoms with Gasteiger partial charge in [0, 0.05) is 18.7 Å². The smallest absolute Gasteiger partial charge is 0.0695 e. The highest BCUT2D eigenvalue weighted by Gasteiger charge is 2.20. The number of hydrogen-bond donors (Lipinski definition) is 2. The summed E-state index contributed by atoms with van der Waals surface area (Å²) in [6, 6.07) is 8.60. The van der Waals surface area contributed by atoms with Crippen LogP contribution in [0.25, 0.3) is 11.3 Å². The predicted molar refractivity (Wildman–Crippen MR) is 90.7 cm³/mol. The Morgan fingerprint density at radius 2 is 2.14 bits per heavy atom. The van der Waals surface area contributed by atoms with E-state index >= 15 is 0 Å². The molecular formula is C18H26N4. The molecule has 1 aromatic heterocycles. The highest BCUT2D eigenvalue weighted by Crippen LogP contribution is 2.21. The lowest BCUT2D eigenvalue weighted by Gasteiger charge is -2.13. The summed E-state index contributed by atoms with van der Waals surface area (Å²) >= 11 is 0. The van der Waals surface area contributed by atoms with Crippen molar-refractivity contribution in [1.29, 1.82) is 0 Å². The van der Waals surface area contributed by atoms with Crippen LogP contribution < -0.4 is 5.32 Å². The number of aromatic nitrogens is 2. The van der Waals surface area contributed by atoms with Gasteiger partial charge in [-0.25, -0.2) is 0 Å². The highest BCUT2D eigenvalue weighted by molar-refractivity contribution is 5.62. The third-order valence-corrected chi connectivity index (χ3v) is 4.62. The van der Waals surface area contributed by atoms with Crippen LogP contribution in [0.2, 0.25) is 0 Å². The van der Waals surface area contributed by atoms with Crippen LogP contribution in [0.15, 0.2) is 30.5 Å². The van der Waals surface area contributed by atoms with Crippen molar-refractivity contribution in [2.45, 2.75) is 26.8 Å². The second-order valence-corrected chi connectivity index (χ2v) is 6.32. The zero-order valence-electron chi connectivity index (χ0n) is 13.6. The van der Waals surface area contributed by atoms with E-state index in [1.54, 1.807) is 0 Å². The Morgan fingerprint density at radius 3 is 2.86 bits per heavy atom. The van der Waals surface area contributed by atoms with Gasteiger partial charge in [-0.05, 0) is 44.5 Å². The Morgan fingerprint density at radius 1 is 1.32 bits per heavy atom. The van der Waals surface area contributed by atoms with Gasteiger partial charge in [-0.15, -0.1) is 0 Å². The molecule has 0 amide bonds. The van der Waals surface area contributed by atoms with Gasteiger partial charge in [-0.1, -0.05) is 36.8 Å². The predicted octanol–water partition coefficient (Wildman–Crippen LogP) is 2.82. The van der Waals surface area contributed by atoms with Crippen LogP contribution in [0.4, 0.5) is 0 Å². The molecule has 1 aromatic carbocycles. The van der Waals surface area contributed by atoms with Gasteiger partial charge in [0.05, 0.1) is 11.9 Å². The molecule has 2 aromatic rings. The van der Waals surface area contributed by atoms with Gasteiger partial charge >= 0.3 is 0 Å². The Kier molecular flexibility index (Phi) is 4.90. The molecule has 1 fully saturated rings. The molecule has 2 heterocycles. The van der Waals surface area contributed by atoms with E-state index < -0.39 is 0 Å². The van der Waals surface area contributed by atoms with Gasteiger partial charge in [0.15, 0.2) is 0 Å². The summed E-state index contributed by atoms with van der Waals surface area (Å²) in [5, 5.41) is 11.0. The van der Waals surface area contributed by atoms with Gasteiger partial charge in [-0.2, -0.15) is 5.10 Å². The van der Waals surface area contributed by atoms with Gasteiger partial charge in [-0.3, -0.25) is 5.10 Å². The normalized spacial score (nSPS) is 18.9. The number of nitrogens with zero attached hydrogens (tertiary/aromatic N) is 2. The third kappa shape index (κ3) is 3.57. The second-order valence-electron chi connectivity index (χ2n) is 6.32. The minimum Gasteiger partial charge on any atom is -0.312 e. The third-order valence-electron chi connectivity index (χ3n) is 4.62. The molecule has 1 aliphatic rings. The van der Waals surface area contributed by atoms with Crippen LogP contribution in [-0.2, 0) is 6.54 Å². The summed E-state index contributed by atoms with van der Waals surface area (Å²) in [6.45, 7) is 9.99. The molecule has 4 heteroatoms. The molecule has 0 saturated carbocycles. The monoisotopic (exact) mass is 298 g/mol. The van der Waals surface area contributed by atoms with Gasteiger partial charge in [0.2, 0.25) is 0 Å². The average molecular weight is 298 g/mol. The first-order chi connectivity index (χ1) is 10.8. The minimum absolute atomic E-state index is 0.787. The maximum absolute atomic E-state index is 4.22. The van der Waals surface area contributed by atoms with E-state index in [-0.39, 0.29) is 0 Å². The molecule has 1 saturated heterocycles. The summed E-state index contributed by atoms with van der Waals surface area (Å²) < 4.78 is 0. The van der Waals surface area contributed by atoms with Crippen molar-refractivity contribution in [2.75, 3.05) is 26.2 Å². The van der Waals surface area contributed by atoms with Crippen LogP contribution in [0.1, 0.15) is 24.5 Å². The Balaban J connectivity index is 1.55. The fourth-order valence-electron chi connectivity index (χ4n) is 3.19. The van der Waals surface area contributed by atoms with E-state index in [2.05, 4.69) is 58.5 Å². The van der Waals surface area contributed by atoms with Crippen molar-refractivity contribution >= 4 is 0 Å². The molecule has 2 N–H and O–H groups in total. The number of hydrogen-bond acceptors (Lipinski definition) is 3. The highest BCUT2D eigenvalue weighted by atomic mass is 15.1. The van der Waals surface area contributed by atoms with Gasteiger partial charge in [0.25, 0.3) is 0 Å². The average Bonchev–Trinajstić information content (AvgIpc) is 3.17. The van der Waals surface area contributed by atoms with Crippen molar-refractivity contribution in [2.24, 2.45) is 5.92 Å². The molecule has 1 atom stereocenters. The number of aryl methyl sites for hydroxylation is 1. The summed E-state index contributed by atoms with van der Waals surface area (Å²) in [7, 11) is 0. The molecule has 0 spiro atoms. The van der Waals surface area contributed by atoms with Gasteiger partial charge < -0.3 is 10.2 Å². The van der Waals surface area contributed by atoms with Crippen LogP contribution >= 0.6 is 0 Å². The summed E-state index contributed by atoms with van der Waals surface area (Å²) in [5.74, 6) is 0.787. The molecule has 118 valence electrons. The number of likely N-dealkylation sites (tertiary alicyclic amines) is 1. The van der Waals surface area contributed by atoms with Crippen LogP contribution in [-0.4, -0.2) is 41.3 Å². The number of rotatable bonds is 6. The lowest BCUT2D eigenvalue weighted by atomic mass is 10.1. The largest absolute Gasteiger partial charge is 0.312 e. The number of nitrogens with one attached hydrogen (secondary N) is 2. The van der Waals surface area contributed by atoms with Crippen LogP contribution in [0.3, 0.4) is 0 Å². The fraction of sp³-hybridized carbons (Fsp3) is 0.500. The molecule has 1 unspecified atom stereocenters. The lowest BCUT2D eigenvalue weighted by molar-refractivity contribution is 0.339. The topological polar surface area (TPSA) is 44.0 Å². The van der Waals surface area contributed by atoms with E-state index in [9.17, 15) is 0 Å². The first-order valence-corrected chi connectivity index (χ1v) is 8.28. The number of H-pyrrole nitrogens is 1. The van der Waals surface area contributed by atoms with Gasteiger partial charge in [0.1, 0.15) is 0 Å². The number of aromatic amines is 1. The Bertz CT molecular complexity index is 587. The van der Waals surface area contributed by atoms with Crippen molar-refractivity contribution in [1.82, 2.24) is 20.4 Å². The SMILES string of the molecule is CCN1CCC(CNCc2cn[nH]c2-c2ccc(C)cc2)C1. The van der Waals surface area contributed by atoms with E-state index in [1.807, 2.05) is 6.20 Å². The first kappa shape index (κ1) is 15.3.